The van der Waals surface area contributed by atoms with Gasteiger partial charge in [-0.05, 0) is 17.7 Å². The van der Waals surface area contributed by atoms with Gasteiger partial charge in [0, 0.05) is 0 Å². The summed E-state index contributed by atoms with van der Waals surface area (Å²) in [6.45, 7) is 1.62. The van der Waals surface area contributed by atoms with Crippen molar-refractivity contribution in [1.82, 2.24) is 3.11 Å². The monoisotopic (exact) mass is 661 g/mol. The number of alkyl halides is 2. The number of benzene rings is 3. The molecular formula is C31H37FIN3O4. The number of halogens is 2. The number of carbonyl (C=O) groups excluding carboxylic acids is 2. The Morgan fingerprint density at radius 1 is 1.02 bits per heavy atom. The van der Waals surface area contributed by atoms with Gasteiger partial charge >= 0.3 is 176 Å². The third kappa shape index (κ3) is 8.49. The topological polar surface area (TPSA) is 90.9 Å². The molecule has 7 nitrogen and oxygen atoms in total. The Hall–Kier alpha value is -3.02. The Kier molecular flexibility index (Phi) is 10.9. The Bertz CT molecular complexity index is 1300. The fourth-order valence-electron chi connectivity index (χ4n) is 4.73. The van der Waals surface area contributed by atoms with Crippen LogP contribution in [0.5, 0.6) is 0 Å². The first-order valence-corrected chi connectivity index (χ1v) is 18.7. The van der Waals surface area contributed by atoms with Gasteiger partial charge in [-0.3, -0.25) is 4.79 Å². The number of nitrogens with zero attached hydrogens (tertiary/aromatic N) is 1. The van der Waals surface area contributed by atoms with Crippen LogP contribution in [0.2, 0.25) is 0 Å². The molecule has 0 spiro atoms. The summed E-state index contributed by atoms with van der Waals surface area (Å²) >= 11 is -1.11. The molecule has 1 aliphatic heterocycles. The first kappa shape index (κ1) is 30.0. The number of hydrogen-bond acceptors (Lipinski definition) is 5. The average Bonchev–Trinajstić information content (AvgIpc) is 2.95. The van der Waals surface area contributed by atoms with Gasteiger partial charge in [0.1, 0.15) is 5.82 Å². The number of piperidine rings is 1. The first-order chi connectivity index (χ1) is 19.3. The van der Waals surface area contributed by atoms with Crippen molar-refractivity contribution in [3.8, 4) is 11.1 Å². The van der Waals surface area contributed by atoms with E-state index in [1.54, 1.807) is 6.07 Å². The van der Waals surface area contributed by atoms with Gasteiger partial charge in [-0.25, -0.2) is 4.39 Å². The average molecular weight is 662 g/mol. The molecular weight excluding hydrogens is 624 g/mol. The Labute approximate surface area is 242 Å². The molecule has 1 unspecified atom stereocenters. The summed E-state index contributed by atoms with van der Waals surface area (Å²) in [7, 11) is 0. The number of rotatable bonds is 10. The van der Waals surface area contributed by atoms with E-state index in [1.165, 1.54) is 12.1 Å². The van der Waals surface area contributed by atoms with E-state index in [2.05, 4.69) is 23.6 Å². The van der Waals surface area contributed by atoms with Crippen LogP contribution < -0.4 is 10.6 Å². The SMILES string of the molecule is CI(C)N1CCCC(OC(=O)Nc2cc(CCCC(=O)Nc3ccc(CO)cc3F)ccc2-c2ccccc2)C1. The molecule has 3 aromatic carbocycles. The van der Waals surface area contributed by atoms with Crippen molar-refractivity contribution in [3.63, 3.8) is 0 Å². The minimum atomic E-state index is -1.11. The molecule has 1 saturated heterocycles. The van der Waals surface area contributed by atoms with Crippen molar-refractivity contribution in [2.45, 2.75) is 44.8 Å². The molecule has 3 N–H and O–H groups in total. The molecule has 0 aromatic heterocycles. The number of aryl methyl sites for hydroxylation is 1. The standard InChI is InChI=1S/C31H37FIN3O4/c1-33(2)36-17-7-11-25(20-36)40-31(39)35-29-19-22(13-15-26(29)24-9-4-3-5-10-24)8-6-12-30(38)34-28-16-14-23(21-37)18-27(28)32/h3-5,9-10,13-16,18-19,25,37H,6-8,11-12,17,20-21H2,1-2H3,(H,34,38)(H,35,39). The molecule has 0 aliphatic carbocycles. The maximum absolute atomic E-state index is 14.1. The second-order valence-electron chi connectivity index (χ2n) is 10.00. The van der Waals surface area contributed by atoms with Crippen LogP contribution in [0, 0.1) is 5.82 Å². The number of anilines is 2. The van der Waals surface area contributed by atoms with Gasteiger partial charge in [0.25, 0.3) is 0 Å². The van der Waals surface area contributed by atoms with E-state index >= 15 is 0 Å². The first-order valence-electron chi connectivity index (χ1n) is 13.4. The normalized spacial score (nSPS) is 15.8. The van der Waals surface area contributed by atoms with E-state index in [-0.39, 0.29) is 30.7 Å². The summed E-state index contributed by atoms with van der Waals surface area (Å²) in [6, 6.07) is 20.0. The van der Waals surface area contributed by atoms with E-state index in [0.29, 0.717) is 24.1 Å². The summed E-state index contributed by atoms with van der Waals surface area (Å²) in [6.07, 6.45) is 2.71. The van der Waals surface area contributed by atoms with Crippen LogP contribution in [-0.2, 0) is 22.6 Å². The molecule has 1 fully saturated rings. The van der Waals surface area contributed by atoms with E-state index in [9.17, 15) is 14.0 Å². The molecule has 0 bridgehead atoms. The van der Waals surface area contributed by atoms with Crippen molar-refractivity contribution in [2.24, 2.45) is 0 Å². The van der Waals surface area contributed by atoms with E-state index in [4.69, 9.17) is 9.84 Å². The minimum absolute atomic E-state index is 0.0940. The van der Waals surface area contributed by atoms with Crippen LogP contribution in [0.3, 0.4) is 0 Å². The third-order valence-electron chi connectivity index (χ3n) is 6.85. The second kappa shape index (κ2) is 14.6. The van der Waals surface area contributed by atoms with Crippen molar-refractivity contribution in [2.75, 3.05) is 33.6 Å². The molecule has 214 valence electrons. The van der Waals surface area contributed by atoms with Crippen molar-refractivity contribution in [1.29, 1.82) is 0 Å². The Balaban J connectivity index is 1.39. The number of ether oxygens (including phenoxy) is 1. The fraction of sp³-hybridized carbons (Fsp3) is 0.355. The number of aliphatic hydroxyl groups excluding tert-OH is 1. The van der Waals surface area contributed by atoms with Crippen LogP contribution in [0.15, 0.2) is 66.7 Å². The Morgan fingerprint density at radius 2 is 1.80 bits per heavy atom. The number of aliphatic hydroxyl groups is 1. The van der Waals surface area contributed by atoms with Gasteiger partial charge in [0.05, 0.1) is 12.3 Å². The van der Waals surface area contributed by atoms with Gasteiger partial charge in [0.2, 0.25) is 5.91 Å². The second-order valence-corrected chi connectivity index (χ2v) is 15.5. The van der Waals surface area contributed by atoms with Crippen LogP contribution in [0.1, 0.15) is 36.8 Å². The Morgan fingerprint density at radius 3 is 2.52 bits per heavy atom. The number of amides is 2. The van der Waals surface area contributed by atoms with Crippen molar-refractivity contribution >= 4 is 43.5 Å². The molecule has 1 aliphatic rings. The van der Waals surface area contributed by atoms with Crippen LogP contribution >= 0.6 is 20.1 Å². The molecule has 0 saturated carbocycles. The molecule has 9 heteroatoms. The number of carbonyl (C=O) groups is 2. The quantitative estimate of drug-likeness (QED) is 0.129. The zero-order valence-corrected chi connectivity index (χ0v) is 25.1. The number of hydrogen-bond donors (Lipinski definition) is 3. The molecule has 2 amide bonds. The molecule has 3 aromatic rings. The van der Waals surface area contributed by atoms with Crippen LogP contribution in [0.25, 0.3) is 11.1 Å². The summed E-state index contributed by atoms with van der Waals surface area (Å²) < 4.78 is 22.5. The molecule has 1 atom stereocenters. The predicted octanol–water partition coefficient (Wildman–Crippen LogP) is 6.64. The molecule has 4 rings (SSSR count). The summed E-state index contributed by atoms with van der Waals surface area (Å²) in [5, 5.41) is 14.7. The van der Waals surface area contributed by atoms with Gasteiger partial charge in [-0.2, -0.15) is 0 Å². The zero-order valence-electron chi connectivity index (χ0n) is 23.0. The van der Waals surface area contributed by atoms with Gasteiger partial charge in [-0.1, -0.05) is 6.07 Å². The third-order valence-corrected chi connectivity index (χ3v) is 10.5. The number of nitrogens with one attached hydrogen (secondary N) is 2. The maximum atomic E-state index is 14.1. The van der Waals surface area contributed by atoms with Gasteiger partial charge in [0.15, 0.2) is 0 Å². The summed E-state index contributed by atoms with van der Waals surface area (Å²) in [4.78, 5) is 30.0. The van der Waals surface area contributed by atoms with Crippen molar-refractivity contribution in [3.05, 3.63) is 83.7 Å². The van der Waals surface area contributed by atoms with Gasteiger partial charge in [-0.15, -0.1) is 0 Å². The zero-order chi connectivity index (χ0) is 28.5. The molecule has 40 heavy (non-hydrogen) atoms. The predicted molar refractivity (Wildman–Crippen MR) is 166 cm³/mol. The van der Waals surface area contributed by atoms with E-state index in [0.717, 1.165) is 42.6 Å². The van der Waals surface area contributed by atoms with Crippen molar-refractivity contribution < 1.29 is 23.8 Å². The summed E-state index contributed by atoms with van der Waals surface area (Å²) in [5.74, 6) is -0.864. The van der Waals surface area contributed by atoms with Crippen LogP contribution in [-0.4, -0.2) is 49.3 Å². The summed E-state index contributed by atoms with van der Waals surface area (Å²) in [5.41, 5.74) is 4.04. The fourth-order valence-corrected chi connectivity index (χ4v) is 7.27. The van der Waals surface area contributed by atoms with E-state index in [1.807, 2.05) is 48.5 Å². The molecule has 0 radical (unpaired) electrons. The molecule has 1 heterocycles. The van der Waals surface area contributed by atoms with E-state index < -0.39 is 32.0 Å². The van der Waals surface area contributed by atoms with Crippen LogP contribution in [0.4, 0.5) is 20.6 Å². The van der Waals surface area contributed by atoms with Gasteiger partial charge < -0.3 is 10.4 Å².